The number of carboxylic acids is 1. The normalized spacial score (nSPS) is 14.2. The predicted octanol–water partition coefficient (Wildman–Crippen LogP) is 1.97. The van der Waals surface area contributed by atoms with E-state index in [1.807, 2.05) is 44.2 Å². The summed E-state index contributed by atoms with van der Waals surface area (Å²) in [5, 5.41) is 28.4. The van der Waals surface area contributed by atoms with Crippen molar-refractivity contribution in [1.82, 2.24) is 21.3 Å². The van der Waals surface area contributed by atoms with E-state index in [0.717, 1.165) is 5.56 Å². The molecule has 4 amide bonds. The molecule has 13 heteroatoms. The molecule has 0 aliphatic heterocycles. The number of aliphatic hydroxyl groups is 1. The van der Waals surface area contributed by atoms with Gasteiger partial charge in [0, 0.05) is 0 Å². The molecule has 0 heterocycles. The fourth-order valence-electron chi connectivity index (χ4n) is 3.83. The van der Waals surface area contributed by atoms with Gasteiger partial charge in [-0.15, -0.1) is 0 Å². The molecule has 1 aromatic rings. The smallest absolute Gasteiger partial charge is 0.408 e. The Morgan fingerprint density at radius 2 is 1.43 bits per heavy atom. The topological polar surface area (TPSA) is 192 Å². The highest BCUT2D eigenvalue weighted by molar-refractivity contribution is 5.93. The maximum Gasteiger partial charge on any atom is 0.408 e. The van der Waals surface area contributed by atoms with E-state index in [4.69, 9.17) is 14.6 Å². The van der Waals surface area contributed by atoms with Gasteiger partial charge in [-0.05, 0) is 51.0 Å². The highest BCUT2D eigenvalue weighted by atomic mass is 16.6. The number of hydrogen-bond acceptors (Lipinski definition) is 8. The van der Waals surface area contributed by atoms with Crippen molar-refractivity contribution in [3.63, 3.8) is 0 Å². The Labute approximate surface area is 247 Å². The summed E-state index contributed by atoms with van der Waals surface area (Å²) in [7, 11) is 0. The predicted molar refractivity (Wildman–Crippen MR) is 154 cm³/mol. The van der Waals surface area contributed by atoms with E-state index in [-0.39, 0.29) is 18.9 Å². The molecule has 0 aliphatic carbocycles. The molecule has 0 saturated heterocycles. The Kier molecular flexibility index (Phi) is 14.8. The number of ether oxygens (including phenoxy) is 2. The Balaban J connectivity index is 2.93. The number of benzene rings is 1. The second-order valence-corrected chi connectivity index (χ2v) is 11.8. The minimum absolute atomic E-state index is 0.0482. The lowest BCUT2D eigenvalue weighted by Crippen LogP contribution is -2.57. The Morgan fingerprint density at radius 1 is 0.833 bits per heavy atom. The third-order valence-electron chi connectivity index (χ3n) is 5.82. The molecule has 42 heavy (non-hydrogen) atoms. The summed E-state index contributed by atoms with van der Waals surface area (Å²) < 4.78 is 10.7. The van der Waals surface area contributed by atoms with Gasteiger partial charge in [-0.1, -0.05) is 58.0 Å². The third-order valence-corrected chi connectivity index (χ3v) is 5.82. The zero-order valence-corrected chi connectivity index (χ0v) is 25.4. The van der Waals surface area contributed by atoms with Crippen LogP contribution in [0.3, 0.4) is 0 Å². The van der Waals surface area contributed by atoms with E-state index in [0.29, 0.717) is 6.42 Å². The van der Waals surface area contributed by atoms with Gasteiger partial charge in [-0.25, -0.2) is 14.4 Å². The molecule has 0 bridgehead atoms. The molecule has 4 atom stereocenters. The van der Waals surface area contributed by atoms with Crippen LogP contribution in [0.4, 0.5) is 9.59 Å². The summed E-state index contributed by atoms with van der Waals surface area (Å²) >= 11 is 0. The number of aliphatic hydroxyl groups excluding tert-OH is 1. The molecule has 0 spiro atoms. The van der Waals surface area contributed by atoms with Crippen LogP contribution in [0.15, 0.2) is 30.3 Å². The monoisotopic (exact) mass is 594 g/mol. The van der Waals surface area contributed by atoms with E-state index >= 15 is 0 Å². The first-order valence-corrected chi connectivity index (χ1v) is 13.9. The van der Waals surface area contributed by atoms with Crippen molar-refractivity contribution in [3.8, 4) is 0 Å². The van der Waals surface area contributed by atoms with Gasteiger partial charge in [0.15, 0.2) is 0 Å². The van der Waals surface area contributed by atoms with Crippen molar-refractivity contribution < 1.29 is 43.7 Å². The van der Waals surface area contributed by atoms with Crippen molar-refractivity contribution in [2.45, 2.75) is 91.1 Å². The maximum absolute atomic E-state index is 13.2. The van der Waals surface area contributed by atoms with Gasteiger partial charge >= 0.3 is 18.2 Å². The first kappa shape index (κ1) is 36.2. The summed E-state index contributed by atoms with van der Waals surface area (Å²) in [4.78, 5) is 62.3. The molecule has 13 nitrogen and oxygen atoms in total. The van der Waals surface area contributed by atoms with Crippen molar-refractivity contribution in [3.05, 3.63) is 35.9 Å². The number of carboxylic acid groups (broad SMARTS) is 1. The van der Waals surface area contributed by atoms with E-state index in [1.165, 1.54) is 0 Å². The molecule has 0 radical (unpaired) electrons. The quantitative estimate of drug-likeness (QED) is 0.176. The van der Waals surface area contributed by atoms with Gasteiger partial charge in [0.2, 0.25) is 11.8 Å². The fraction of sp³-hybridized carbons (Fsp3) is 0.621. The van der Waals surface area contributed by atoms with Crippen molar-refractivity contribution >= 4 is 30.0 Å². The summed E-state index contributed by atoms with van der Waals surface area (Å²) in [6.07, 6.45) is -1.06. The van der Waals surface area contributed by atoms with E-state index in [9.17, 15) is 29.1 Å². The van der Waals surface area contributed by atoms with Crippen LogP contribution in [0.5, 0.6) is 0 Å². The summed E-state index contributed by atoms with van der Waals surface area (Å²) in [6.45, 7) is 11.2. The van der Waals surface area contributed by atoms with Crippen LogP contribution in [0, 0.1) is 11.8 Å². The summed E-state index contributed by atoms with van der Waals surface area (Å²) in [6, 6.07) is 4.90. The number of amides is 4. The second-order valence-electron chi connectivity index (χ2n) is 11.8. The summed E-state index contributed by atoms with van der Waals surface area (Å²) in [5.41, 5.74) is 0.164. The zero-order valence-electron chi connectivity index (χ0n) is 25.4. The van der Waals surface area contributed by atoms with Gasteiger partial charge in [0.1, 0.15) is 30.3 Å². The number of carbonyl (C=O) groups excluding carboxylic acids is 4. The van der Waals surface area contributed by atoms with Gasteiger partial charge in [-0.3, -0.25) is 9.59 Å². The van der Waals surface area contributed by atoms with Crippen LogP contribution in [-0.2, 0) is 30.3 Å². The first-order valence-electron chi connectivity index (χ1n) is 13.9. The number of carbonyl (C=O) groups is 5. The minimum Gasteiger partial charge on any atom is -0.480 e. The van der Waals surface area contributed by atoms with Crippen LogP contribution in [0.1, 0.15) is 60.5 Å². The Bertz CT molecular complexity index is 1040. The first-order chi connectivity index (χ1) is 19.5. The number of aliphatic carboxylic acids is 1. The van der Waals surface area contributed by atoms with E-state index in [2.05, 4.69) is 21.3 Å². The lowest BCUT2D eigenvalue weighted by atomic mass is 10.00. The molecule has 6 N–H and O–H groups in total. The van der Waals surface area contributed by atoms with E-state index < -0.39 is 72.3 Å². The number of nitrogens with one attached hydrogen (secondary N) is 4. The highest BCUT2D eigenvalue weighted by Crippen LogP contribution is 2.11. The Morgan fingerprint density at radius 3 is 1.93 bits per heavy atom. The van der Waals surface area contributed by atoms with Crippen molar-refractivity contribution in [1.29, 1.82) is 0 Å². The van der Waals surface area contributed by atoms with Crippen LogP contribution >= 0.6 is 0 Å². The molecule has 1 rings (SSSR count). The average Bonchev–Trinajstić information content (AvgIpc) is 2.87. The number of rotatable bonds is 15. The third kappa shape index (κ3) is 14.2. The number of hydrogen-bond donors (Lipinski definition) is 6. The molecular formula is C29H46N4O9. The largest absolute Gasteiger partial charge is 0.480 e. The molecule has 1 aromatic carbocycles. The van der Waals surface area contributed by atoms with Crippen molar-refractivity contribution in [2.24, 2.45) is 11.8 Å². The SMILES string of the molecule is CC(C)C[C@H](NC(=O)[C@@H](NC(=O)OC[C@@H](Cc1ccccc1)NC(=O)OC(C)(C)C)C(C)C)C(=O)N[C@@H](CO)C(=O)O. The molecule has 236 valence electrons. The van der Waals surface area contributed by atoms with Gasteiger partial charge in [0.05, 0.1) is 12.6 Å². The minimum atomic E-state index is -1.53. The highest BCUT2D eigenvalue weighted by Gasteiger charge is 2.31. The second kappa shape index (κ2) is 17.2. The molecule has 0 aromatic heterocycles. The molecular weight excluding hydrogens is 548 g/mol. The lowest BCUT2D eigenvalue weighted by molar-refractivity contribution is -0.143. The zero-order chi connectivity index (χ0) is 32.0. The van der Waals surface area contributed by atoms with Crippen LogP contribution < -0.4 is 21.3 Å². The molecule has 0 aliphatic rings. The summed E-state index contributed by atoms with van der Waals surface area (Å²) in [5.74, 6) is -3.33. The van der Waals surface area contributed by atoms with Crippen LogP contribution in [-0.4, -0.2) is 83.2 Å². The molecule has 0 unspecified atom stereocenters. The van der Waals surface area contributed by atoms with Gasteiger partial charge < -0.3 is 41.0 Å². The van der Waals surface area contributed by atoms with Gasteiger partial charge in [-0.2, -0.15) is 0 Å². The van der Waals surface area contributed by atoms with Crippen LogP contribution in [0.25, 0.3) is 0 Å². The fourth-order valence-corrected chi connectivity index (χ4v) is 3.83. The molecule has 0 saturated carbocycles. The molecule has 0 fully saturated rings. The van der Waals surface area contributed by atoms with E-state index in [1.54, 1.807) is 34.6 Å². The Hall–Kier alpha value is -3.87. The average molecular weight is 595 g/mol. The van der Waals surface area contributed by atoms with Crippen LogP contribution in [0.2, 0.25) is 0 Å². The maximum atomic E-state index is 13.2. The number of alkyl carbamates (subject to hydrolysis) is 2. The lowest BCUT2D eigenvalue weighted by Gasteiger charge is -2.27. The standard InChI is InChI=1S/C29H46N4O9/c1-17(2)13-21(24(35)32-22(15-34)26(37)38)31-25(36)23(18(3)4)33-27(39)41-16-20(14-19-11-9-8-10-12-19)30-28(40)42-29(5,6)7/h8-12,17-18,20-23,34H,13-16H2,1-7H3,(H,30,40)(H,31,36)(H,32,35)(H,33,39)(H,37,38)/t20-,21+,22+,23+/m1/s1. The van der Waals surface area contributed by atoms with Crippen molar-refractivity contribution in [2.75, 3.05) is 13.2 Å². The van der Waals surface area contributed by atoms with Gasteiger partial charge in [0.25, 0.3) is 0 Å².